The minimum Gasteiger partial charge on any atom is -0.493 e. The lowest BCUT2D eigenvalue weighted by molar-refractivity contribution is 0.354. The topological polar surface area (TPSA) is 30.5 Å². The zero-order valence-electron chi connectivity index (χ0n) is 11.8. The largest absolute Gasteiger partial charge is 0.493 e. The van der Waals surface area contributed by atoms with E-state index in [0.29, 0.717) is 0 Å². The maximum atomic E-state index is 5.34. The highest BCUT2D eigenvalue weighted by molar-refractivity contribution is 9.11. The molecule has 3 nitrogen and oxygen atoms in total. The molecule has 2 rings (SSSR count). The number of thiophene rings is 1. The SMILES string of the molecule is COc1ccc(C(C)NCc2csc(Br)c2)cc1OC. The summed E-state index contributed by atoms with van der Waals surface area (Å²) in [5.74, 6) is 1.52. The van der Waals surface area contributed by atoms with Gasteiger partial charge in [0.15, 0.2) is 11.5 Å². The number of ether oxygens (including phenoxy) is 2. The van der Waals surface area contributed by atoms with Gasteiger partial charge in [0.05, 0.1) is 18.0 Å². The van der Waals surface area contributed by atoms with Gasteiger partial charge in [-0.2, -0.15) is 0 Å². The van der Waals surface area contributed by atoms with Crippen molar-refractivity contribution in [2.75, 3.05) is 14.2 Å². The molecule has 0 aliphatic carbocycles. The Kier molecular flexibility index (Phi) is 5.46. The third kappa shape index (κ3) is 3.75. The second-order valence-corrected chi connectivity index (χ2v) is 6.77. The third-order valence-corrected chi connectivity index (χ3v) is 4.70. The number of benzene rings is 1. The van der Waals surface area contributed by atoms with E-state index in [1.54, 1.807) is 25.6 Å². The number of halogens is 1. The van der Waals surface area contributed by atoms with Crippen LogP contribution in [0.2, 0.25) is 0 Å². The molecule has 0 aliphatic heterocycles. The van der Waals surface area contributed by atoms with Crippen LogP contribution in [0, 0.1) is 0 Å². The molecule has 20 heavy (non-hydrogen) atoms. The standard InChI is InChI=1S/C15H18BrNO2S/c1-10(17-8-11-6-15(16)20-9-11)12-4-5-13(18-2)14(7-12)19-3/h4-7,9-10,17H,8H2,1-3H3. The number of hydrogen-bond donors (Lipinski definition) is 1. The van der Waals surface area contributed by atoms with Crippen LogP contribution in [-0.2, 0) is 6.54 Å². The van der Waals surface area contributed by atoms with Gasteiger partial charge in [0.25, 0.3) is 0 Å². The summed E-state index contributed by atoms with van der Waals surface area (Å²) in [5.41, 5.74) is 2.46. The Morgan fingerprint density at radius 3 is 2.55 bits per heavy atom. The zero-order valence-corrected chi connectivity index (χ0v) is 14.2. The Labute approximate surface area is 132 Å². The molecule has 0 saturated heterocycles. The van der Waals surface area contributed by atoms with Crippen LogP contribution in [-0.4, -0.2) is 14.2 Å². The van der Waals surface area contributed by atoms with Crippen molar-refractivity contribution in [2.24, 2.45) is 0 Å². The van der Waals surface area contributed by atoms with Crippen molar-refractivity contribution in [3.63, 3.8) is 0 Å². The first kappa shape index (κ1) is 15.4. The van der Waals surface area contributed by atoms with E-state index in [4.69, 9.17) is 9.47 Å². The van der Waals surface area contributed by atoms with E-state index >= 15 is 0 Å². The lowest BCUT2D eigenvalue weighted by Gasteiger charge is -2.16. The van der Waals surface area contributed by atoms with E-state index in [1.807, 2.05) is 12.1 Å². The van der Waals surface area contributed by atoms with Gasteiger partial charge in [-0.3, -0.25) is 0 Å². The average molecular weight is 356 g/mol. The maximum Gasteiger partial charge on any atom is 0.161 e. The fourth-order valence-corrected chi connectivity index (χ4v) is 3.16. The van der Waals surface area contributed by atoms with E-state index in [1.165, 1.54) is 11.1 Å². The third-order valence-electron chi connectivity index (χ3n) is 3.14. The molecule has 1 aromatic carbocycles. The predicted molar refractivity (Wildman–Crippen MR) is 86.8 cm³/mol. The van der Waals surface area contributed by atoms with Gasteiger partial charge in [0.1, 0.15) is 0 Å². The van der Waals surface area contributed by atoms with E-state index in [0.717, 1.165) is 21.8 Å². The van der Waals surface area contributed by atoms with Crippen LogP contribution in [0.4, 0.5) is 0 Å². The van der Waals surface area contributed by atoms with Gasteiger partial charge >= 0.3 is 0 Å². The van der Waals surface area contributed by atoms with Gasteiger partial charge in [-0.1, -0.05) is 6.07 Å². The molecule has 0 bridgehead atoms. The second-order valence-electron chi connectivity index (χ2n) is 4.48. The summed E-state index contributed by atoms with van der Waals surface area (Å²) in [6.07, 6.45) is 0. The van der Waals surface area contributed by atoms with Crippen molar-refractivity contribution in [3.05, 3.63) is 44.6 Å². The first-order chi connectivity index (χ1) is 9.63. The first-order valence-corrected chi connectivity index (χ1v) is 7.99. The van der Waals surface area contributed by atoms with Crippen LogP contribution < -0.4 is 14.8 Å². The molecule has 108 valence electrons. The molecule has 5 heteroatoms. The van der Waals surface area contributed by atoms with Crippen molar-refractivity contribution in [2.45, 2.75) is 19.5 Å². The number of hydrogen-bond acceptors (Lipinski definition) is 4. The lowest BCUT2D eigenvalue weighted by Crippen LogP contribution is -2.17. The molecule has 0 radical (unpaired) electrons. The molecule has 1 atom stereocenters. The summed E-state index contributed by atoms with van der Waals surface area (Å²) in [6.45, 7) is 2.99. The van der Waals surface area contributed by atoms with Gasteiger partial charge in [0.2, 0.25) is 0 Å². The summed E-state index contributed by atoms with van der Waals surface area (Å²) in [5, 5.41) is 5.66. The maximum absolute atomic E-state index is 5.34. The summed E-state index contributed by atoms with van der Waals surface area (Å²) in [4.78, 5) is 0. The van der Waals surface area contributed by atoms with Gasteiger partial charge < -0.3 is 14.8 Å². The molecule has 1 unspecified atom stereocenters. The highest BCUT2D eigenvalue weighted by atomic mass is 79.9. The number of nitrogens with one attached hydrogen (secondary N) is 1. The van der Waals surface area contributed by atoms with Crippen LogP contribution in [0.5, 0.6) is 11.5 Å². The molecule has 0 fully saturated rings. The van der Waals surface area contributed by atoms with Crippen molar-refractivity contribution < 1.29 is 9.47 Å². The monoisotopic (exact) mass is 355 g/mol. The average Bonchev–Trinajstić information content (AvgIpc) is 2.89. The molecular formula is C15H18BrNO2S. The van der Waals surface area contributed by atoms with E-state index in [-0.39, 0.29) is 6.04 Å². The van der Waals surface area contributed by atoms with Gasteiger partial charge in [0, 0.05) is 12.6 Å². The molecule has 1 N–H and O–H groups in total. The minimum absolute atomic E-state index is 0.244. The van der Waals surface area contributed by atoms with Crippen molar-refractivity contribution in [1.29, 1.82) is 0 Å². The van der Waals surface area contributed by atoms with E-state index < -0.39 is 0 Å². The van der Waals surface area contributed by atoms with Crippen molar-refractivity contribution >= 4 is 27.3 Å². The quantitative estimate of drug-likeness (QED) is 0.833. The Morgan fingerprint density at radius 2 is 1.95 bits per heavy atom. The smallest absolute Gasteiger partial charge is 0.161 e. The second kappa shape index (κ2) is 7.11. The van der Waals surface area contributed by atoms with Gasteiger partial charge in [-0.15, -0.1) is 11.3 Å². The molecule has 1 heterocycles. The highest BCUT2D eigenvalue weighted by Gasteiger charge is 2.10. The fraction of sp³-hybridized carbons (Fsp3) is 0.333. The Balaban J connectivity index is 2.03. The van der Waals surface area contributed by atoms with Crippen LogP contribution in [0.15, 0.2) is 33.4 Å². The van der Waals surface area contributed by atoms with Crippen molar-refractivity contribution in [3.8, 4) is 11.5 Å². The van der Waals surface area contributed by atoms with Gasteiger partial charge in [-0.25, -0.2) is 0 Å². The lowest BCUT2D eigenvalue weighted by atomic mass is 10.1. The van der Waals surface area contributed by atoms with Crippen LogP contribution in [0.25, 0.3) is 0 Å². The Hall–Kier alpha value is -1.04. The molecule has 0 saturated carbocycles. The Morgan fingerprint density at radius 1 is 1.20 bits per heavy atom. The molecule has 1 aromatic heterocycles. The minimum atomic E-state index is 0.244. The molecule has 2 aromatic rings. The normalized spacial score (nSPS) is 12.2. The highest BCUT2D eigenvalue weighted by Crippen LogP contribution is 2.30. The number of rotatable bonds is 6. The summed E-state index contributed by atoms with van der Waals surface area (Å²) >= 11 is 5.18. The van der Waals surface area contributed by atoms with Crippen LogP contribution >= 0.6 is 27.3 Å². The van der Waals surface area contributed by atoms with Gasteiger partial charge in [-0.05, 0) is 57.6 Å². The number of methoxy groups -OCH3 is 2. The molecule has 0 aliphatic rings. The summed E-state index contributed by atoms with van der Waals surface area (Å²) in [6, 6.07) is 8.39. The Bertz CT molecular complexity index is 571. The van der Waals surface area contributed by atoms with Crippen LogP contribution in [0.3, 0.4) is 0 Å². The van der Waals surface area contributed by atoms with Crippen LogP contribution in [0.1, 0.15) is 24.1 Å². The zero-order chi connectivity index (χ0) is 14.5. The molecule has 0 spiro atoms. The fourth-order valence-electron chi connectivity index (χ4n) is 1.95. The summed E-state index contributed by atoms with van der Waals surface area (Å²) in [7, 11) is 3.30. The van der Waals surface area contributed by atoms with E-state index in [2.05, 4.69) is 45.7 Å². The van der Waals surface area contributed by atoms with E-state index in [9.17, 15) is 0 Å². The van der Waals surface area contributed by atoms with Crippen molar-refractivity contribution in [1.82, 2.24) is 5.32 Å². The molecule has 0 amide bonds. The molecular weight excluding hydrogens is 338 g/mol. The first-order valence-electron chi connectivity index (χ1n) is 6.32. The predicted octanol–water partition coefficient (Wildman–Crippen LogP) is 4.38. The summed E-state index contributed by atoms with van der Waals surface area (Å²) < 4.78 is 11.7.